The number of carbonyl (C=O) groups is 1. The molecule has 0 bridgehead atoms. The second-order valence-electron chi connectivity index (χ2n) is 6.29. The van der Waals surface area contributed by atoms with Crippen LogP contribution in [-0.2, 0) is 0 Å². The average Bonchev–Trinajstić information content (AvgIpc) is 2.61. The number of hydrogen-bond acceptors (Lipinski definition) is 6. The number of benzene rings is 1. The minimum atomic E-state index is -0.159. The van der Waals surface area contributed by atoms with Gasteiger partial charge in [-0.1, -0.05) is 11.6 Å². The minimum Gasteiger partial charge on any atom is -0.384 e. The maximum atomic E-state index is 12.4. The topological polar surface area (TPSA) is 111 Å². The van der Waals surface area contributed by atoms with Gasteiger partial charge in [0.25, 0.3) is 5.91 Å². The number of anilines is 2. The van der Waals surface area contributed by atoms with Gasteiger partial charge in [-0.25, -0.2) is 15.0 Å². The molecule has 27 heavy (non-hydrogen) atoms. The van der Waals surface area contributed by atoms with E-state index in [1.165, 1.54) is 4.90 Å². The molecule has 2 heterocycles. The third-order valence-electron chi connectivity index (χ3n) is 4.01. The van der Waals surface area contributed by atoms with Crippen molar-refractivity contribution in [3.63, 3.8) is 0 Å². The molecule has 0 radical (unpaired) electrons. The van der Waals surface area contributed by atoms with E-state index < -0.39 is 0 Å². The zero-order valence-corrected chi connectivity index (χ0v) is 15.9. The summed E-state index contributed by atoms with van der Waals surface area (Å²) >= 11 is 6.27. The number of halogens is 1. The van der Waals surface area contributed by atoms with Crippen LogP contribution in [0.3, 0.4) is 0 Å². The second kappa shape index (κ2) is 7.20. The Morgan fingerprint density at radius 1 is 1.07 bits per heavy atom. The van der Waals surface area contributed by atoms with Gasteiger partial charge in [0.15, 0.2) is 0 Å². The Kier molecular flexibility index (Phi) is 4.96. The lowest BCUT2D eigenvalue weighted by atomic mass is 9.97. The third-order valence-corrected chi connectivity index (χ3v) is 4.22. The first-order chi connectivity index (χ1) is 12.8. The van der Waals surface area contributed by atoms with Crippen molar-refractivity contribution in [2.45, 2.75) is 6.92 Å². The summed E-state index contributed by atoms with van der Waals surface area (Å²) in [5.41, 5.74) is 15.5. The largest absolute Gasteiger partial charge is 0.384 e. The minimum absolute atomic E-state index is 0.134. The number of amides is 1. The summed E-state index contributed by atoms with van der Waals surface area (Å²) in [6.45, 7) is 1.84. The standard InChI is InChI=1S/C19H19ClN6O/c1-10-16(11-4-5-15(21)23-9-11)17(25-19(22)24-10)12-6-13(8-14(20)7-12)18(27)26(2)3/h4-9H,1-3H3,(H2,21,23)(H2,22,24,25). The molecule has 2 aromatic heterocycles. The van der Waals surface area contributed by atoms with Crippen LogP contribution in [0.4, 0.5) is 11.8 Å². The zero-order valence-electron chi connectivity index (χ0n) is 15.2. The van der Waals surface area contributed by atoms with E-state index in [1.807, 2.05) is 13.0 Å². The van der Waals surface area contributed by atoms with E-state index in [1.54, 1.807) is 44.6 Å². The molecule has 7 nitrogen and oxygen atoms in total. The zero-order chi connectivity index (χ0) is 19.7. The van der Waals surface area contributed by atoms with Crippen molar-refractivity contribution in [1.29, 1.82) is 0 Å². The van der Waals surface area contributed by atoms with Gasteiger partial charge in [0, 0.05) is 47.6 Å². The van der Waals surface area contributed by atoms with E-state index in [0.29, 0.717) is 33.4 Å². The van der Waals surface area contributed by atoms with E-state index >= 15 is 0 Å². The van der Waals surface area contributed by atoms with Crippen molar-refractivity contribution in [2.75, 3.05) is 25.6 Å². The van der Waals surface area contributed by atoms with E-state index in [4.69, 9.17) is 23.1 Å². The lowest BCUT2D eigenvalue weighted by molar-refractivity contribution is 0.0827. The van der Waals surface area contributed by atoms with Crippen molar-refractivity contribution < 1.29 is 4.79 Å². The Hall–Kier alpha value is -3.19. The molecule has 138 valence electrons. The third kappa shape index (κ3) is 3.83. The Bertz CT molecular complexity index is 1020. The highest BCUT2D eigenvalue weighted by molar-refractivity contribution is 6.31. The van der Waals surface area contributed by atoms with Crippen molar-refractivity contribution in [3.05, 3.63) is 52.8 Å². The number of hydrogen-bond donors (Lipinski definition) is 2. The molecule has 1 aromatic carbocycles. The van der Waals surface area contributed by atoms with Gasteiger partial charge < -0.3 is 16.4 Å². The molecule has 0 aliphatic carbocycles. The number of carbonyl (C=O) groups excluding carboxylic acids is 1. The first-order valence-corrected chi connectivity index (χ1v) is 8.52. The second-order valence-corrected chi connectivity index (χ2v) is 6.73. The first kappa shape index (κ1) is 18.6. The number of nitrogens with zero attached hydrogens (tertiary/aromatic N) is 4. The van der Waals surface area contributed by atoms with Gasteiger partial charge in [-0.15, -0.1) is 0 Å². The van der Waals surface area contributed by atoms with Gasteiger partial charge in [0.2, 0.25) is 5.95 Å². The number of pyridine rings is 1. The van der Waals surface area contributed by atoms with Crippen molar-refractivity contribution >= 4 is 29.3 Å². The van der Waals surface area contributed by atoms with Crippen LogP contribution < -0.4 is 11.5 Å². The molecule has 0 spiro atoms. The van der Waals surface area contributed by atoms with Crippen LogP contribution in [-0.4, -0.2) is 39.9 Å². The Morgan fingerprint density at radius 2 is 1.81 bits per heavy atom. The number of rotatable bonds is 3. The van der Waals surface area contributed by atoms with Crippen LogP contribution in [0.25, 0.3) is 22.4 Å². The molecule has 8 heteroatoms. The predicted octanol–water partition coefficient (Wildman–Crippen LogP) is 3.03. The van der Waals surface area contributed by atoms with Gasteiger partial charge >= 0.3 is 0 Å². The summed E-state index contributed by atoms with van der Waals surface area (Å²) in [7, 11) is 3.36. The van der Waals surface area contributed by atoms with Crippen LogP contribution in [0.15, 0.2) is 36.5 Å². The van der Waals surface area contributed by atoms with Crippen molar-refractivity contribution in [2.24, 2.45) is 0 Å². The quantitative estimate of drug-likeness (QED) is 0.720. The van der Waals surface area contributed by atoms with Gasteiger partial charge in [-0.3, -0.25) is 4.79 Å². The summed E-state index contributed by atoms with van der Waals surface area (Å²) in [6, 6.07) is 8.64. The molecule has 0 atom stereocenters. The molecule has 1 amide bonds. The molecule has 4 N–H and O–H groups in total. The highest BCUT2D eigenvalue weighted by Crippen LogP contribution is 2.35. The molecule has 0 aliphatic heterocycles. The lowest BCUT2D eigenvalue weighted by Gasteiger charge is -2.15. The van der Waals surface area contributed by atoms with Crippen LogP contribution >= 0.6 is 11.6 Å². The molecule has 3 aromatic rings. The van der Waals surface area contributed by atoms with E-state index in [2.05, 4.69) is 15.0 Å². The van der Waals surface area contributed by atoms with Crippen LogP contribution in [0.5, 0.6) is 0 Å². The number of aryl methyl sites for hydroxylation is 1. The lowest BCUT2D eigenvalue weighted by Crippen LogP contribution is -2.21. The van der Waals surface area contributed by atoms with Crippen molar-refractivity contribution in [3.8, 4) is 22.4 Å². The first-order valence-electron chi connectivity index (χ1n) is 8.15. The van der Waals surface area contributed by atoms with Crippen LogP contribution in [0.1, 0.15) is 16.1 Å². The molecule has 0 fully saturated rings. The predicted molar refractivity (Wildman–Crippen MR) is 107 cm³/mol. The summed E-state index contributed by atoms with van der Waals surface area (Å²) < 4.78 is 0. The fourth-order valence-electron chi connectivity index (χ4n) is 2.81. The maximum Gasteiger partial charge on any atom is 0.253 e. The van der Waals surface area contributed by atoms with E-state index in [-0.39, 0.29) is 11.9 Å². The summed E-state index contributed by atoms with van der Waals surface area (Å²) in [5.74, 6) is 0.388. The SMILES string of the molecule is Cc1nc(N)nc(-c2cc(Cl)cc(C(=O)N(C)C)c2)c1-c1ccc(N)nc1. The van der Waals surface area contributed by atoms with Crippen molar-refractivity contribution in [1.82, 2.24) is 19.9 Å². The number of nitrogens with two attached hydrogens (primary N) is 2. The Labute approximate surface area is 162 Å². The molecule has 0 saturated heterocycles. The van der Waals surface area contributed by atoms with Crippen LogP contribution in [0.2, 0.25) is 5.02 Å². The van der Waals surface area contributed by atoms with Gasteiger partial charge in [0.1, 0.15) is 5.82 Å². The fourth-order valence-corrected chi connectivity index (χ4v) is 3.05. The molecular formula is C19H19ClN6O. The Morgan fingerprint density at radius 3 is 2.44 bits per heavy atom. The van der Waals surface area contributed by atoms with Gasteiger partial charge in [0.05, 0.1) is 11.4 Å². The van der Waals surface area contributed by atoms with E-state index in [0.717, 1.165) is 11.1 Å². The summed E-state index contributed by atoms with van der Waals surface area (Å²) in [6.07, 6.45) is 1.65. The Balaban J connectivity index is 2.26. The van der Waals surface area contributed by atoms with Crippen LogP contribution in [0, 0.1) is 6.92 Å². The summed E-state index contributed by atoms with van der Waals surface area (Å²) in [5, 5.41) is 0.425. The number of nitrogen functional groups attached to an aromatic ring is 2. The van der Waals surface area contributed by atoms with E-state index in [9.17, 15) is 4.79 Å². The monoisotopic (exact) mass is 382 g/mol. The molecular weight excluding hydrogens is 364 g/mol. The highest BCUT2D eigenvalue weighted by Gasteiger charge is 2.18. The molecule has 0 unspecified atom stereocenters. The smallest absolute Gasteiger partial charge is 0.253 e. The number of aromatic nitrogens is 3. The average molecular weight is 383 g/mol. The van der Waals surface area contributed by atoms with Gasteiger partial charge in [-0.05, 0) is 37.3 Å². The fraction of sp³-hybridized carbons (Fsp3) is 0.158. The molecule has 0 saturated carbocycles. The molecule has 3 rings (SSSR count). The molecule has 0 aliphatic rings. The maximum absolute atomic E-state index is 12.4. The summed E-state index contributed by atoms with van der Waals surface area (Å²) in [4.78, 5) is 26.7. The highest BCUT2D eigenvalue weighted by atomic mass is 35.5. The van der Waals surface area contributed by atoms with Gasteiger partial charge in [-0.2, -0.15) is 0 Å². The normalized spacial score (nSPS) is 10.7.